The molecule has 0 aromatic carbocycles. The van der Waals surface area contributed by atoms with E-state index in [2.05, 4.69) is 31.3 Å². The van der Waals surface area contributed by atoms with Crippen molar-refractivity contribution >= 4 is 11.3 Å². The first kappa shape index (κ1) is 12.1. The van der Waals surface area contributed by atoms with E-state index in [1.54, 1.807) is 4.88 Å². The molecule has 0 amide bonds. The Balaban J connectivity index is 1.92. The SMILES string of the molecule is CCCNCC1CCCC1c1ccc(C)s1. The van der Waals surface area contributed by atoms with Gasteiger partial charge in [-0.05, 0) is 63.2 Å². The smallest absolute Gasteiger partial charge is 0.00822 e. The number of aryl methyl sites for hydroxylation is 1. The van der Waals surface area contributed by atoms with E-state index in [1.807, 2.05) is 11.3 Å². The second-order valence-electron chi connectivity index (χ2n) is 4.95. The van der Waals surface area contributed by atoms with Gasteiger partial charge in [-0.3, -0.25) is 0 Å². The largest absolute Gasteiger partial charge is 0.316 e. The molecule has 1 saturated carbocycles. The fourth-order valence-electron chi connectivity index (χ4n) is 2.77. The predicted molar refractivity (Wildman–Crippen MR) is 72.3 cm³/mol. The molecule has 1 fully saturated rings. The van der Waals surface area contributed by atoms with Crippen molar-refractivity contribution in [3.05, 3.63) is 21.9 Å². The van der Waals surface area contributed by atoms with Crippen molar-refractivity contribution < 1.29 is 0 Å². The van der Waals surface area contributed by atoms with Crippen molar-refractivity contribution in [1.29, 1.82) is 0 Å². The minimum Gasteiger partial charge on any atom is -0.316 e. The fraction of sp³-hybridized carbons (Fsp3) is 0.714. The average molecular weight is 237 g/mol. The van der Waals surface area contributed by atoms with Gasteiger partial charge in [-0.25, -0.2) is 0 Å². The Morgan fingerprint density at radius 2 is 2.25 bits per heavy atom. The molecule has 2 rings (SSSR count). The lowest BCUT2D eigenvalue weighted by Gasteiger charge is -2.18. The maximum atomic E-state index is 3.59. The monoisotopic (exact) mass is 237 g/mol. The second-order valence-corrected chi connectivity index (χ2v) is 6.27. The van der Waals surface area contributed by atoms with Crippen LogP contribution in [0.3, 0.4) is 0 Å². The first-order chi connectivity index (χ1) is 7.81. The van der Waals surface area contributed by atoms with E-state index >= 15 is 0 Å². The highest BCUT2D eigenvalue weighted by atomic mass is 32.1. The summed E-state index contributed by atoms with van der Waals surface area (Å²) < 4.78 is 0. The molecule has 2 unspecified atom stereocenters. The van der Waals surface area contributed by atoms with Crippen molar-refractivity contribution in [2.24, 2.45) is 5.92 Å². The van der Waals surface area contributed by atoms with E-state index in [-0.39, 0.29) is 0 Å². The first-order valence-corrected chi connectivity index (χ1v) is 7.40. The standard InChI is InChI=1S/C14H23NS/c1-3-9-15-10-12-5-4-6-13(12)14-8-7-11(2)16-14/h7-8,12-13,15H,3-6,9-10H2,1-2H3. The molecule has 1 nitrogen and oxygen atoms in total. The summed E-state index contributed by atoms with van der Waals surface area (Å²) in [6.07, 6.45) is 5.48. The van der Waals surface area contributed by atoms with E-state index in [9.17, 15) is 0 Å². The molecule has 90 valence electrons. The van der Waals surface area contributed by atoms with Gasteiger partial charge in [0.25, 0.3) is 0 Å². The highest BCUT2D eigenvalue weighted by Gasteiger charge is 2.28. The lowest BCUT2D eigenvalue weighted by molar-refractivity contribution is 0.448. The van der Waals surface area contributed by atoms with Crippen molar-refractivity contribution in [3.8, 4) is 0 Å². The van der Waals surface area contributed by atoms with E-state index in [0.29, 0.717) is 0 Å². The molecule has 0 saturated heterocycles. The van der Waals surface area contributed by atoms with Gasteiger partial charge in [-0.2, -0.15) is 0 Å². The van der Waals surface area contributed by atoms with Gasteiger partial charge in [0.15, 0.2) is 0 Å². The van der Waals surface area contributed by atoms with Gasteiger partial charge >= 0.3 is 0 Å². The lowest BCUT2D eigenvalue weighted by atomic mass is 9.94. The van der Waals surface area contributed by atoms with Crippen LogP contribution in [0.5, 0.6) is 0 Å². The summed E-state index contributed by atoms with van der Waals surface area (Å²) in [5, 5.41) is 3.59. The molecular weight excluding hydrogens is 214 g/mol. The summed E-state index contributed by atoms with van der Waals surface area (Å²) in [4.78, 5) is 3.08. The quantitative estimate of drug-likeness (QED) is 0.765. The molecule has 0 aliphatic heterocycles. The Hall–Kier alpha value is -0.340. The minimum atomic E-state index is 0.836. The van der Waals surface area contributed by atoms with Crippen LogP contribution in [0.15, 0.2) is 12.1 Å². The molecule has 1 N–H and O–H groups in total. The van der Waals surface area contributed by atoms with Gasteiger partial charge in [0.1, 0.15) is 0 Å². The van der Waals surface area contributed by atoms with Crippen LogP contribution in [0.4, 0.5) is 0 Å². The molecule has 1 aromatic heterocycles. The summed E-state index contributed by atoms with van der Waals surface area (Å²) in [6.45, 7) is 6.84. The number of rotatable bonds is 5. The van der Waals surface area contributed by atoms with E-state index in [4.69, 9.17) is 0 Å². The van der Waals surface area contributed by atoms with Crippen LogP contribution in [0.1, 0.15) is 48.3 Å². The van der Waals surface area contributed by atoms with E-state index < -0.39 is 0 Å². The maximum Gasteiger partial charge on any atom is 0.00822 e. The lowest BCUT2D eigenvalue weighted by Crippen LogP contribution is -2.24. The topological polar surface area (TPSA) is 12.0 Å². The zero-order valence-corrected chi connectivity index (χ0v) is 11.3. The molecule has 16 heavy (non-hydrogen) atoms. The van der Waals surface area contributed by atoms with Crippen LogP contribution in [0.25, 0.3) is 0 Å². The third kappa shape index (κ3) is 2.86. The van der Waals surface area contributed by atoms with Crippen molar-refractivity contribution in [3.63, 3.8) is 0 Å². The zero-order chi connectivity index (χ0) is 11.4. The molecular formula is C14H23NS. The molecule has 1 heterocycles. The van der Waals surface area contributed by atoms with Crippen LogP contribution in [-0.2, 0) is 0 Å². The predicted octanol–water partition coefficient (Wildman–Crippen LogP) is 3.94. The first-order valence-electron chi connectivity index (χ1n) is 6.58. The van der Waals surface area contributed by atoms with Gasteiger partial charge in [0.2, 0.25) is 0 Å². The molecule has 0 radical (unpaired) electrons. The second kappa shape index (κ2) is 5.83. The van der Waals surface area contributed by atoms with E-state index in [0.717, 1.165) is 11.8 Å². The van der Waals surface area contributed by atoms with Crippen molar-refractivity contribution in [1.82, 2.24) is 5.32 Å². The summed E-state index contributed by atoms with van der Waals surface area (Å²) in [7, 11) is 0. The Labute approximate surface area is 103 Å². The maximum absolute atomic E-state index is 3.59. The Morgan fingerprint density at radius 1 is 1.38 bits per heavy atom. The van der Waals surface area contributed by atoms with Crippen LogP contribution in [0.2, 0.25) is 0 Å². The Bertz CT molecular complexity index is 318. The molecule has 1 aliphatic rings. The van der Waals surface area contributed by atoms with Gasteiger partial charge < -0.3 is 5.32 Å². The summed E-state index contributed by atoms with van der Waals surface area (Å²) in [6, 6.07) is 4.62. The zero-order valence-electron chi connectivity index (χ0n) is 10.5. The molecule has 2 heteroatoms. The summed E-state index contributed by atoms with van der Waals surface area (Å²) >= 11 is 2.00. The number of nitrogens with one attached hydrogen (secondary N) is 1. The fourth-order valence-corrected chi connectivity index (χ4v) is 3.88. The third-order valence-electron chi connectivity index (χ3n) is 3.62. The van der Waals surface area contributed by atoms with Crippen LogP contribution >= 0.6 is 11.3 Å². The van der Waals surface area contributed by atoms with E-state index in [1.165, 1.54) is 43.6 Å². The van der Waals surface area contributed by atoms with Gasteiger partial charge in [0.05, 0.1) is 0 Å². The van der Waals surface area contributed by atoms with Gasteiger partial charge in [-0.1, -0.05) is 13.3 Å². The number of hydrogen-bond acceptors (Lipinski definition) is 2. The Kier molecular flexibility index (Phi) is 4.42. The van der Waals surface area contributed by atoms with Gasteiger partial charge in [-0.15, -0.1) is 11.3 Å². The molecule has 2 atom stereocenters. The summed E-state index contributed by atoms with van der Waals surface area (Å²) in [5.41, 5.74) is 0. The minimum absolute atomic E-state index is 0.836. The Morgan fingerprint density at radius 3 is 2.94 bits per heavy atom. The normalized spacial score (nSPS) is 25.1. The molecule has 0 spiro atoms. The number of thiophene rings is 1. The van der Waals surface area contributed by atoms with Crippen LogP contribution in [0, 0.1) is 12.8 Å². The van der Waals surface area contributed by atoms with Crippen molar-refractivity contribution in [2.75, 3.05) is 13.1 Å². The highest BCUT2D eigenvalue weighted by Crippen LogP contribution is 2.41. The van der Waals surface area contributed by atoms with Crippen LogP contribution in [-0.4, -0.2) is 13.1 Å². The third-order valence-corrected chi connectivity index (χ3v) is 4.75. The average Bonchev–Trinajstić information content (AvgIpc) is 2.87. The number of hydrogen-bond donors (Lipinski definition) is 1. The molecule has 1 aromatic rings. The molecule has 0 bridgehead atoms. The van der Waals surface area contributed by atoms with Gasteiger partial charge in [0, 0.05) is 9.75 Å². The molecule has 1 aliphatic carbocycles. The highest BCUT2D eigenvalue weighted by molar-refractivity contribution is 7.12. The summed E-state index contributed by atoms with van der Waals surface area (Å²) in [5.74, 6) is 1.72. The van der Waals surface area contributed by atoms with Crippen LogP contribution < -0.4 is 5.32 Å². The van der Waals surface area contributed by atoms with Crippen molar-refractivity contribution in [2.45, 2.75) is 45.4 Å².